The zero-order valence-corrected chi connectivity index (χ0v) is 16.8. The quantitative estimate of drug-likeness (QED) is 0.588. The normalized spacial score (nSPS) is 16.5. The number of fused-ring (bicyclic) bond motifs is 1. The molecular weight excluding hydrogens is 374 g/mol. The zero-order chi connectivity index (χ0) is 20.3. The second kappa shape index (κ2) is 8.44. The first-order valence-electron chi connectivity index (χ1n) is 9.34. The lowest BCUT2D eigenvalue weighted by molar-refractivity contribution is -0.124. The van der Waals surface area contributed by atoms with Crippen LogP contribution in [0.5, 0.6) is 0 Å². The molecule has 3 rings (SSSR count). The van der Waals surface area contributed by atoms with Crippen molar-refractivity contribution in [1.29, 1.82) is 5.26 Å². The van der Waals surface area contributed by atoms with Crippen LogP contribution in [0.4, 0.5) is 10.7 Å². The second-order valence-corrected chi connectivity index (χ2v) is 8.19. The number of benzene rings is 1. The third kappa shape index (κ3) is 4.18. The number of nitrogens with zero attached hydrogens (tertiary/aromatic N) is 1. The van der Waals surface area contributed by atoms with Crippen molar-refractivity contribution in [3.8, 4) is 6.07 Å². The van der Waals surface area contributed by atoms with Crippen molar-refractivity contribution in [3.63, 3.8) is 0 Å². The molecule has 0 spiro atoms. The highest BCUT2D eigenvalue weighted by molar-refractivity contribution is 7.16. The molecule has 146 valence electrons. The Morgan fingerprint density at radius 1 is 1.46 bits per heavy atom. The van der Waals surface area contributed by atoms with E-state index in [0.717, 1.165) is 29.7 Å². The number of carbonyl (C=O) groups is 2. The number of carbonyl (C=O) groups excluding carboxylic acids is 2. The Kier molecular flexibility index (Phi) is 6.00. The summed E-state index contributed by atoms with van der Waals surface area (Å²) in [4.78, 5) is 26.2. The summed E-state index contributed by atoms with van der Waals surface area (Å²) < 4.78 is 5.38. The van der Waals surface area contributed by atoms with Gasteiger partial charge in [-0.2, -0.15) is 5.26 Å². The lowest BCUT2D eigenvalue weighted by Crippen LogP contribution is -2.32. The van der Waals surface area contributed by atoms with Crippen molar-refractivity contribution in [2.75, 3.05) is 11.1 Å². The molecule has 0 fully saturated rings. The molecule has 0 aliphatic heterocycles. The van der Waals surface area contributed by atoms with Crippen LogP contribution in [0.2, 0.25) is 0 Å². The third-order valence-corrected chi connectivity index (χ3v) is 6.06. The van der Waals surface area contributed by atoms with E-state index in [1.807, 2.05) is 0 Å². The number of nitrogens with one attached hydrogen (secondary N) is 1. The Morgan fingerprint density at radius 2 is 2.25 bits per heavy atom. The van der Waals surface area contributed by atoms with Gasteiger partial charge in [-0.1, -0.05) is 19.9 Å². The summed E-state index contributed by atoms with van der Waals surface area (Å²) in [6.07, 6.45) is 2.20. The van der Waals surface area contributed by atoms with E-state index in [1.165, 1.54) is 17.4 Å². The van der Waals surface area contributed by atoms with Crippen LogP contribution >= 0.6 is 11.3 Å². The number of ether oxygens (including phenoxy) is 1. The number of rotatable bonds is 5. The third-order valence-electron chi connectivity index (χ3n) is 4.90. The minimum Gasteiger partial charge on any atom is -0.449 e. The number of esters is 1. The molecule has 7 heteroatoms. The SMILES string of the molecule is CCC(OC(=O)c1cccc(N)c1)C(=O)Nc1sc2c(c1C#N)CCC(C)C2. The number of nitriles is 1. The molecule has 3 N–H and O–H groups in total. The fraction of sp³-hybridized carbons (Fsp3) is 0.381. The van der Waals surface area contributed by atoms with Crippen LogP contribution in [0.3, 0.4) is 0 Å². The van der Waals surface area contributed by atoms with Crippen molar-refractivity contribution in [3.05, 3.63) is 45.8 Å². The average Bonchev–Trinajstić information content (AvgIpc) is 3.01. The minimum absolute atomic E-state index is 0.296. The van der Waals surface area contributed by atoms with E-state index < -0.39 is 18.0 Å². The molecule has 2 unspecified atom stereocenters. The molecule has 1 heterocycles. The molecule has 1 amide bonds. The van der Waals surface area contributed by atoms with Gasteiger partial charge in [-0.25, -0.2) is 4.79 Å². The summed E-state index contributed by atoms with van der Waals surface area (Å²) in [5, 5.41) is 12.9. The predicted molar refractivity (Wildman–Crippen MR) is 109 cm³/mol. The average molecular weight is 398 g/mol. The molecule has 2 atom stereocenters. The highest BCUT2D eigenvalue weighted by atomic mass is 32.1. The first kappa shape index (κ1) is 19.9. The van der Waals surface area contributed by atoms with E-state index in [0.29, 0.717) is 34.2 Å². The van der Waals surface area contributed by atoms with Gasteiger partial charge in [0.2, 0.25) is 0 Å². The van der Waals surface area contributed by atoms with Crippen molar-refractivity contribution in [2.24, 2.45) is 5.92 Å². The number of thiophene rings is 1. The van der Waals surface area contributed by atoms with E-state index in [-0.39, 0.29) is 0 Å². The first-order chi connectivity index (χ1) is 13.4. The Morgan fingerprint density at radius 3 is 2.93 bits per heavy atom. The number of nitrogens with two attached hydrogens (primary N) is 1. The molecule has 28 heavy (non-hydrogen) atoms. The lowest BCUT2D eigenvalue weighted by atomic mass is 9.88. The van der Waals surface area contributed by atoms with Crippen LogP contribution in [0.1, 0.15) is 53.1 Å². The molecule has 1 aromatic carbocycles. The van der Waals surface area contributed by atoms with Gasteiger partial charge in [-0.15, -0.1) is 11.3 Å². The molecule has 0 saturated carbocycles. The maximum atomic E-state index is 12.7. The van der Waals surface area contributed by atoms with E-state index in [2.05, 4.69) is 18.3 Å². The van der Waals surface area contributed by atoms with Crippen LogP contribution in [0, 0.1) is 17.2 Å². The zero-order valence-electron chi connectivity index (χ0n) is 16.0. The predicted octanol–water partition coefficient (Wildman–Crippen LogP) is 3.90. The molecular formula is C21H23N3O3S. The molecule has 1 aromatic heterocycles. The van der Waals surface area contributed by atoms with Gasteiger partial charge >= 0.3 is 5.97 Å². The molecule has 6 nitrogen and oxygen atoms in total. The van der Waals surface area contributed by atoms with Crippen LogP contribution in [0.15, 0.2) is 24.3 Å². The molecule has 1 aliphatic carbocycles. The fourth-order valence-corrected chi connectivity index (χ4v) is 4.70. The van der Waals surface area contributed by atoms with Crippen LogP contribution < -0.4 is 11.1 Å². The monoisotopic (exact) mass is 397 g/mol. The number of anilines is 2. The summed E-state index contributed by atoms with van der Waals surface area (Å²) in [6.45, 7) is 3.96. The standard InChI is InChI=1S/C21H23N3O3S/c1-3-17(27-21(26)13-5-4-6-14(23)10-13)19(25)24-20-16(11-22)15-8-7-12(2)9-18(15)28-20/h4-6,10,12,17H,3,7-9,23H2,1-2H3,(H,24,25). The minimum atomic E-state index is -0.946. The first-order valence-corrected chi connectivity index (χ1v) is 10.2. The maximum absolute atomic E-state index is 12.7. The van der Waals surface area contributed by atoms with E-state index in [9.17, 15) is 14.9 Å². The smallest absolute Gasteiger partial charge is 0.338 e. The summed E-state index contributed by atoms with van der Waals surface area (Å²) in [6, 6.07) is 8.65. The summed E-state index contributed by atoms with van der Waals surface area (Å²) in [5.74, 6) is -0.457. The van der Waals surface area contributed by atoms with Crippen molar-refractivity contribution in [2.45, 2.75) is 45.6 Å². The second-order valence-electron chi connectivity index (χ2n) is 7.08. The number of nitrogen functional groups attached to an aromatic ring is 1. The molecule has 0 radical (unpaired) electrons. The van der Waals surface area contributed by atoms with Gasteiger partial charge in [0.15, 0.2) is 6.10 Å². The van der Waals surface area contributed by atoms with Gasteiger partial charge in [-0.3, -0.25) is 4.79 Å². The van der Waals surface area contributed by atoms with Gasteiger partial charge in [0.05, 0.1) is 11.1 Å². The molecule has 0 bridgehead atoms. The highest BCUT2D eigenvalue weighted by Crippen LogP contribution is 2.39. The van der Waals surface area contributed by atoms with Crippen molar-refractivity contribution in [1.82, 2.24) is 0 Å². The van der Waals surface area contributed by atoms with Crippen LogP contribution in [-0.4, -0.2) is 18.0 Å². The van der Waals surface area contributed by atoms with Crippen LogP contribution in [0.25, 0.3) is 0 Å². The Balaban J connectivity index is 1.74. The number of hydrogen-bond acceptors (Lipinski definition) is 6. The van der Waals surface area contributed by atoms with Crippen molar-refractivity contribution >= 4 is 33.9 Å². The molecule has 0 saturated heterocycles. The van der Waals surface area contributed by atoms with Gasteiger partial charge in [0.1, 0.15) is 11.1 Å². The Bertz CT molecular complexity index is 945. The molecule has 1 aliphatic rings. The molecule has 2 aromatic rings. The lowest BCUT2D eigenvalue weighted by Gasteiger charge is -2.17. The van der Waals surface area contributed by atoms with E-state index >= 15 is 0 Å². The van der Waals surface area contributed by atoms with Crippen LogP contribution in [-0.2, 0) is 22.4 Å². The summed E-state index contributed by atoms with van der Waals surface area (Å²) >= 11 is 1.45. The maximum Gasteiger partial charge on any atom is 0.338 e. The largest absolute Gasteiger partial charge is 0.449 e. The summed E-state index contributed by atoms with van der Waals surface area (Å²) in [7, 11) is 0. The van der Waals surface area contributed by atoms with Gasteiger partial charge in [-0.05, 0) is 55.4 Å². The number of hydrogen-bond donors (Lipinski definition) is 2. The highest BCUT2D eigenvalue weighted by Gasteiger charge is 2.27. The van der Waals surface area contributed by atoms with Gasteiger partial charge < -0.3 is 15.8 Å². The van der Waals surface area contributed by atoms with E-state index in [4.69, 9.17) is 10.5 Å². The van der Waals surface area contributed by atoms with Crippen molar-refractivity contribution < 1.29 is 14.3 Å². The number of amides is 1. The fourth-order valence-electron chi connectivity index (χ4n) is 3.33. The summed E-state index contributed by atoms with van der Waals surface area (Å²) in [5.41, 5.74) is 8.03. The van der Waals surface area contributed by atoms with Gasteiger partial charge in [0, 0.05) is 10.6 Å². The van der Waals surface area contributed by atoms with Gasteiger partial charge in [0.25, 0.3) is 5.91 Å². The Labute approximate surface area is 168 Å². The van der Waals surface area contributed by atoms with E-state index in [1.54, 1.807) is 25.1 Å². The topological polar surface area (TPSA) is 105 Å². The Hall–Kier alpha value is -2.85.